The van der Waals surface area contributed by atoms with Crippen LogP contribution in [0.1, 0.15) is 60.5 Å². The zero-order chi connectivity index (χ0) is 15.1. The predicted octanol–water partition coefficient (Wildman–Crippen LogP) is 4.01. The van der Waals surface area contributed by atoms with Crippen molar-refractivity contribution in [3.63, 3.8) is 0 Å². The van der Waals surface area contributed by atoms with Gasteiger partial charge in [-0.1, -0.05) is 18.6 Å². The minimum absolute atomic E-state index is 0.507. The van der Waals surface area contributed by atoms with Gasteiger partial charge in [-0.05, 0) is 63.1 Å². The van der Waals surface area contributed by atoms with E-state index in [2.05, 4.69) is 48.2 Å². The lowest BCUT2D eigenvalue weighted by Gasteiger charge is -2.33. The molecule has 0 amide bonds. The molecule has 116 valence electrons. The summed E-state index contributed by atoms with van der Waals surface area (Å²) in [6.45, 7) is 4.38. The zero-order valence-electron chi connectivity index (χ0n) is 13.6. The van der Waals surface area contributed by atoms with E-state index in [9.17, 15) is 0 Å². The first-order chi connectivity index (χ1) is 10.7. The quantitative estimate of drug-likeness (QED) is 0.927. The van der Waals surface area contributed by atoms with Gasteiger partial charge in [0.2, 0.25) is 0 Å². The lowest BCUT2D eigenvalue weighted by Crippen LogP contribution is -2.39. The molecule has 1 aromatic carbocycles. The molecule has 1 saturated carbocycles. The maximum atomic E-state index is 4.75. The summed E-state index contributed by atoms with van der Waals surface area (Å²) < 4.78 is 2.19. The van der Waals surface area contributed by atoms with Crippen LogP contribution in [0.3, 0.4) is 0 Å². The van der Waals surface area contributed by atoms with Crippen molar-refractivity contribution in [3.8, 4) is 5.69 Å². The third-order valence-electron chi connectivity index (χ3n) is 5.53. The van der Waals surface area contributed by atoms with Crippen molar-refractivity contribution in [2.45, 2.75) is 64.5 Å². The van der Waals surface area contributed by atoms with E-state index in [-0.39, 0.29) is 0 Å². The molecule has 2 aliphatic rings. The fraction of sp³-hybridized carbons (Fsp3) is 0.526. The highest BCUT2D eigenvalue weighted by molar-refractivity contribution is 5.46. The van der Waals surface area contributed by atoms with Gasteiger partial charge in [0.15, 0.2) is 0 Å². The molecule has 1 N–H and O–H groups in total. The molecule has 0 aliphatic heterocycles. The minimum atomic E-state index is 0.507. The molecule has 0 radical (unpaired) electrons. The van der Waals surface area contributed by atoms with E-state index in [1.165, 1.54) is 60.2 Å². The summed E-state index contributed by atoms with van der Waals surface area (Å²) in [5, 5.41) is 8.60. The van der Waals surface area contributed by atoms with Gasteiger partial charge in [0.1, 0.15) is 0 Å². The molecule has 1 unspecified atom stereocenters. The van der Waals surface area contributed by atoms with E-state index in [0.717, 1.165) is 12.5 Å². The van der Waals surface area contributed by atoms with Gasteiger partial charge in [0.25, 0.3) is 0 Å². The highest BCUT2D eigenvalue weighted by atomic mass is 15.3. The summed E-state index contributed by atoms with van der Waals surface area (Å²) in [7, 11) is 0. The lowest BCUT2D eigenvalue weighted by atomic mass is 9.88. The van der Waals surface area contributed by atoms with Crippen LogP contribution >= 0.6 is 0 Å². The second-order valence-electron chi connectivity index (χ2n) is 6.92. The summed E-state index contributed by atoms with van der Waals surface area (Å²) in [6, 6.07) is 7.75. The average molecular weight is 295 g/mol. The number of benzene rings is 1. The maximum absolute atomic E-state index is 4.75. The van der Waals surface area contributed by atoms with E-state index >= 15 is 0 Å². The molecule has 1 atom stereocenters. The molecule has 1 fully saturated rings. The number of nitrogens with zero attached hydrogens (tertiary/aromatic N) is 2. The van der Waals surface area contributed by atoms with E-state index in [0.29, 0.717) is 6.04 Å². The second-order valence-corrected chi connectivity index (χ2v) is 6.92. The van der Waals surface area contributed by atoms with Gasteiger partial charge in [0, 0.05) is 23.3 Å². The van der Waals surface area contributed by atoms with E-state index < -0.39 is 0 Å². The van der Waals surface area contributed by atoms with Crippen molar-refractivity contribution in [1.82, 2.24) is 15.1 Å². The molecule has 0 spiro atoms. The Morgan fingerprint density at radius 2 is 2.00 bits per heavy atom. The highest BCUT2D eigenvalue weighted by Crippen LogP contribution is 2.34. The summed E-state index contributed by atoms with van der Waals surface area (Å²) in [5.41, 5.74) is 6.76. The van der Waals surface area contributed by atoms with Crippen LogP contribution in [0.4, 0.5) is 0 Å². The minimum Gasteiger partial charge on any atom is -0.307 e. The molecule has 22 heavy (non-hydrogen) atoms. The van der Waals surface area contributed by atoms with Gasteiger partial charge in [-0.3, -0.25) is 0 Å². The Morgan fingerprint density at radius 1 is 1.14 bits per heavy atom. The van der Waals surface area contributed by atoms with Crippen molar-refractivity contribution in [1.29, 1.82) is 0 Å². The number of rotatable bonds is 3. The van der Waals surface area contributed by atoms with Gasteiger partial charge >= 0.3 is 0 Å². The van der Waals surface area contributed by atoms with Crippen molar-refractivity contribution in [2.75, 3.05) is 0 Å². The Hall–Kier alpha value is -1.61. The zero-order valence-corrected chi connectivity index (χ0v) is 13.6. The number of fused-ring (bicyclic) bond motifs is 1. The van der Waals surface area contributed by atoms with Gasteiger partial charge < -0.3 is 5.32 Å². The Balaban J connectivity index is 1.69. The van der Waals surface area contributed by atoms with Gasteiger partial charge in [-0.2, -0.15) is 5.10 Å². The third-order valence-corrected chi connectivity index (χ3v) is 5.53. The largest absolute Gasteiger partial charge is 0.307 e. The lowest BCUT2D eigenvalue weighted by molar-refractivity contribution is 0.290. The number of hydrogen-bond acceptors (Lipinski definition) is 2. The molecular weight excluding hydrogens is 270 g/mol. The molecule has 2 aliphatic carbocycles. The van der Waals surface area contributed by atoms with Crippen molar-refractivity contribution < 1.29 is 0 Å². The first kappa shape index (κ1) is 14.0. The molecule has 0 bridgehead atoms. The smallest absolute Gasteiger partial charge is 0.0680 e. The van der Waals surface area contributed by atoms with Crippen LogP contribution in [0, 0.1) is 13.8 Å². The monoisotopic (exact) mass is 295 g/mol. The number of aromatic nitrogens is 2. The normalized spacial score (nSPS) is 21.5. The molecular formula is C19H25N3. The van der Waals surface area contributed by atoms with Gasteiger partial charge in [-0.25, -0.2) is 4.68 Å². The number of nitrogens with one attached hydrogen (secondary N) is 1. The van der Waals surface area contributed by atoms with Crippen LogP contribution in [0.5, 0.6) is 0 Å². The maximum Gasteiger partial charge on any atom is 0.0680 e. The van der Waals surface area contributed by atoms with Crippen molar-refractivity contribution >= 4 is 0 Å². The summed E-state index contributed by atoms with van der Waals surface area (Å²) in [5.74, 6) is 0. The summed E-state index contributed by atoms with van der Waals surface area (Å²) in [4.78, 5) is 0. The van der Waals surface area contributed by atoms with Crippen molar-refractivity contribution in [2.24, 2.45) is 0 Å². The molecule has 3 heteroatoms. The molecule has 3 nitrogen and oxygen atoms in total. The first-order valence-corrected chi connectivity index (χ1v) is 8.63. The molecule has 4 rings (SSSR count). The molecule has 1 heterocycles. The highest BCUT2D eigenvalue weighted by Gasteiger charge is 2.28. The summed E-state index contributed by atoms with van der Waals surface area (Å²) in [6.07, 6.45) is 9.83. The Kier molecular flexibility index (Phi) is 3.53. The van der Waals surface area contributed by atoms with Crippen LogP contribution in [0.15, 0.2) is 24.4 Å². The van der Waals surface area contributed by atoms with Crippen molar-refractivity contribution in [3.05, 3.63) is 46.8 Å². The molecule has 0 saturated heterocycles. The topological polar surface area (TPSA) is 29.9 Å². The molecule has 2 aromatic rings. The Morgan fingerprint density at radius 3 is 2.77 bits per heavy atom. The van der Waals surface area contributed by atoms with Crippen LogP contribution in [0.25, 0.3) is 5.69 Å². The van der Waals surface area contributed by atoms with Gasteiger partial charge in [-0.15, -0.1) is 0 Å². The van der Waals surface area contributed by atoms with Crippen LogP contribution < -0.4 is 5.32 Å². The van der Waals surface area contributed by atoms with E-state index in [1.807, 2.05) is 0 Å². The fourth-order valence-corrected chi connectivity index (χ4v) is 3.76. The third kappa shape index (κ3) is 2.28. The predicted molar refractivity (Wildman–Crippen MR) is 89.5 cm³/mol. The Bertz CT molecular complexity index is 682. The van der Waals surface area contributed by atoms with Crippen LogP contribution in [0.2, 0.25) is 0 Å². The average Bonchev–Trinajstić information content (AvgIpc) is 2.90. The van der Waals surface area contributed by atoms with E-state index in [4.69, 9.17) is 5.10 Å². The second kappa shape index (κ2) is 5.54. The van der Waals surface area contributed by atoms with Crippen LogP contribution in [-0.4, -0.2) is 15.8 Å². The number of aryl methyl sites for hydroxylation is 1. The summed E-state index contributed by atoms with van der Waals surface area (Å²) >= 11 is 0. The molecule has 1 aromatic heterocycles. The first-order valence-electron chi connectivity index (χ1n) is 8.63. The Labute approximate surface area is 132 Å². The van der Waals surface area contributed by atoms with E-state index in [1.54, 1.807) is 0 Å². The number of hydrogen-bond donors (Lipinski definition) is 1. The fourth-order valence-electron chi connectivity index (χ4n) is 3.76. The SMILES string of the molecule is Cc1cccc(-n2ncc3c2CCCC3NC2CCC2)c1C. The van der Waals surface area contributed by atoms with Gasteiger partial charge in [0.05, 0.1) is 11.9 Å². The van der Waals surface area contributed by atoms with Crippen LogP contribution in [-0.2, 0) is 6.42 Å². The standard InChI is InChI=1S/C19H25N3/c1-13-6-3-10-18(14(13)2)22-19-11-5-9-17(16(19)12-20-22)21-15-7-4-8-15/h3,6,10,12,15,17,21H,4-5,7-9,11H2,1-2H3.